The number of benzene rings is 2. The van der Waals surface area contributed by atoms with E-state index in [0.717, 1.165) is 51.5 Å². The summed E-state index contributed by atoms with van der Waals surface area (Å²) in [4.78, 5) is 29.7. The van der Waals surface area contributed by atoms with Crippen LogP contribution >= 0.6 is 0 Å². The molecule has 1 amide bonds. The average Bonchev–Trinajstić information content (AvgIpc) is 3.00. The molecule has 0 bridgehead atoms. The van der Waals surface area contributed by atoms with Gasteiger partial charge in [-0.15, -0.1) is 0 Å². The first kappa shape index (κ1) is 32.4. The molecule has 11 heteroatoms. The Bertz CT molecular complexity index is 1580. The number of H-pyrrole nitrogens is 1. The summed E-state index contributed by atoms with van der Waals surface area (Å²) >= 11 is 0. The molecule has 0 spiro atoms. The Labute approximate surface area is 254 Å². The van der Waals surface area contributed by atoms with Gasteiger partial charge in [0.1, 0.15) is 17.3 Å². The average molecular weight is 607 g/mol. The number of fused-ring (bicyclic) bond motifs is 1. The molecule has 2 aromatic heterocycles. The van der Waals surface area contributed by atoms with Crippen LogP contribution in [0.25, 0.3) is 10.9 Å². The number of carbonyl (C=O) groups is 1. The van der Waals surface area contributed by atoms with Crippen LogP contribution in [0.5, 0.6) is 11.5 Å². The number of aromatic hydroxyl groups is 1. The molecule has 4 rings (SSSR count). The molecule has 44 heavy (non-hydrogen) atoms. The molecule has 0 saturated carbocycles. The lowest BCUT2D eigenvalue weighted by Gasteiger charge is -2.18. The second kappa shape index (κ2) is 16.4. The summed E-state index contributed by atoms with van der Waals surface area (Å²) in [6, 6.07) is 12.9. The Kier molecular flexibility index (Phi) is 12.1. The van der Waals surface area contributed by atoms with Crippen molar-refractivity contribution in [2.75, 3.05) is 19.7 Å². The SMILES string of the molecule is O=C(O)NC(c1cccc(F)c1)c1cncc(OCCCCCCCCCNCC(O)c2ccc(O)c3[nH]c(=O)ccc23)c1. The van der Waals surface area contributed by atoms with E-state index in [1.54, 1.807) is 30.5 Å². The molecule has 234 valence electrons. The maximum atomic E-state index is 13.7. The second-order valence-electron chi connectivity index (χ2n) is 10.7. The Morgan fingerprint density at radius 2 is 1.73 bits per heavy atom. The van der Waals surface area contributed by atoms with Crippen molar-refractivity contribution in [3.8, 4) is 11.5 Å². The molecule has 0 aliphatic rings. The molecule has 0 aliphatic carbocycles. The quantitative estimate of drug-likeness (QED) is 0.0854. The van der Waals surface area contributed by atoms with E-state index >= 15 is 0 Å². The van der Waals surface area contributed by atoms with E-state index in [9.17, 15) is 29.3 Å². The third kappa shape index (κ3) is 9.51. The number of halogens is 1. The van der Waals surface area contributed by atoms with Crippen LogP contribution in [-0.4, -0.2) is 51.1 Å². The topological polar surface area (TPSA) is 157 Å². The molecule has 10 nitrogen and oxygen atoms in total. The number of hydrogen-bond acceptors (Lipinski definition) is 7. The van der Waals surface area contributed by atoms with Crippen LogP contribution in [0, 0.1) is 5.82 Å². The van der Waals surface area contributed by atoms with E-state index < -0.39 is 24.1 Å². The zero-order valence-electron chi connectivity index (χ0n) is 24.5. The van der Waals surface area contributed by atoms with Crippen LogP contribution in [0.3, 0.4) is 0 Å². The number of nitrogens with one attached hydrogen (secondary N) is 3. The van der Waals surface area contributed by atoms with Gasteiger partial charge >= 0.3 is 6.09 Å². The van der Waals surface area contributed by atoms with Gasteiger partial charge in [0.2, 0.25) is 5.56 Å². The Morgan fingerprint density at radius 3 is 2.50 bits per heavy atom. The van der Waals surface area contributed by atoms with E-state index in [1.807, 2.05) is 0 Å². The smallest absolute Gasteiger partial charge is 0.405 e. The highest BCUT2D eigenvalue weighted by molar-refractivity contribution is 5.87. The van der Waals surface area contributed by atoms with Crippen molar-refractivity contribution < 1.29 is 29.2 Å². The van der Waals surface area contributed by atoms with Gasteiger partial charge in [0, 0.05) is 29.8 Å². The molecule has 6 N–H and O–H groups in total. The van der Waals surface area contributed by atoms with Crippen molar-refractivity contribution >= 4 is 17.0 Å². The summed E-state index contributed by atoms with van der Waals surface area (Å²) in [6.45, 7) is 1.67. The third-order valence-corrected chi connectivity index (χ3v) is 7.39. The van der Waals surface area contributed by atoms with Gasteiger partial charge in [-0.2, -0.15) is 0 Å². The van der Waals surface area contributed by atoms with Gasteiger partial charge in [-0.05, 0) is 60.8 Å². The summed E-state index contributed by atoms with van der Waals surface area (Å²) in [7, 11) is 0. The number of phenols is 1. The van der Waals surface area contributed by atoms with Crippen LogP contribution in [0.15, 0.2) is 71.8 Å². The van der Waals surface area contributed by atoms with Crippen molar-refractivity contribution in [1.82, 2.24) is 20.6 Å². The van der Waals surface area contributed by atoms with Crippen molar-refractivity contribution in [2.24, 2.45) is 0 Å². The zero-order chi connectivity index (χ0) is 31.3. The van der Waals surface area contributed by atoms with Gasteiger partial charge in [-0.3, -0.25) is 9.78 Å². The maximum Gasteiger partial charge on any atom is 0.405 e. The molecule has 0 radical (unpaired) electrons. The number of amides is 1. The number of aromatic nitrogens is 2. The number of unbranched alkanes of at least 4 members (excludes halogenated alkanes) is 6. The Morgan fingerprint density at radius 1 is 0.955 bits per heavy atom. The van der Waals surface area contributed by atoms with Crippen molar-refractivity contribution in [3.63, 3.8) is 0 Å². The van der Waals surface area contributed by atoms with Crippen molar-refractivity contribution in [2.45, 2.75) is 57.1 Å². The van der Waals surface area contributed by atoms with Crippen LogP contribution in [0.2, 0.25) is 0 Å². The lowest BCUT2D eigenvalue weighted by molar-refractivity contribution is 0.176. The molecule has 2 atom stereocenters. The summed E-state index contributed by atoms with van der Waals surface area (Å²) < 4.78 is 19.6. The number of hydrogen-bond donors (Lipinski definition) is 6. The predicted molar refractivity (Wildman–Crippen MR) is 166 cm³/mol. The molecule has 2 aromatic carbocycles. The first-order valence-corrected chi connectivity index (χ1v) is 14.9. The minimum atomic E-state index is -1.22. The normalized spacial score (nSPS) is 12.6. The van der Waals surface area contributed by atoms with Crippen LogP contribution in [0.4, 0.5) is 9.18 Å². The fourth-order valence-corrected chi connectivity index (χ4v) is 5.17. The summed E-state index contributed by atoms with van der Waals surface area (Å²) in [6.07, 6.45) is 8.44. The highest BCUT2D eigenvalue weighted by atomic mass is 19.1. The van der Waals surface area contributed by atoms with Gasteiger partial charge < -0.3 is 35.7 Å². The number of rotatable bonds is 17. The molecule has 4 aromatic rings. The van der Waals surface area contributed by atoms with E-state index in [4.69, 9.17) is 4.74 Å². The standard InChI is InChI=1S/C33H39FN4O6/c34-24-10-8-9-22(17-24)31(38-33(42)43)23-18-25(20-36-19-23)44-16-7-5-3-1-2-4-6-15-35-21-29(40)26-11-13-28(39)32-27(26)12-14-30(41)37-32/h8-14,17-20,29,31,35,38-40H,1-7,15-16,21H2,(H,37,41)(H,42,43). The first-order valence-electron chi connectivity index (χ1n) is 14.9. The van der Waals surface area contributed by atoms with Gasteiger partial charge in [-0.1, -0.05) is 50.3 Å². The summed E-state index contributed by atoms with van der Waals surface area (Å²) in [5, 5.41) is 36.3. The fraction of sp³-hybridized carbons (Fsp3) is 0.364. The van der Waals surface area contributed by atoms with E-state index in [-0.39, 0.29) is 11.3 Å². The summed E-state index contributed by atoms with van der Waals surface area (Å²) in [5.74, 6) is 0.0525. The zero-order valence-corrected chi connectivity index (χ0v) is 24.5. The monoisotopic (exact) mass is 606 g/mol. The van der Waals surface area contributed by atoms with E-state index in [2.05, 4.69) is 20.6 Å². The predicted octanol–water partition coefficient (Wildman–Crippen LogP) is 5.56. The van der Waals surface area contributed by atoms with Crippen molar-refractivity contribution in [3.05, 3.63) is 99.9 Å². The van der Waals surface area contributed by atoms with Crippen molar-refractivity contribution in [1.29, 1.82) is 0 Å². The van der Waals surface area contributed by atoms with Crippen LogP contribution < -0.4 is 20.9 Å². The Balaban J connectivity index is 1.08. The molecular formula is C33H39FN4O6. The fourth-order valence-electron chi connectivity index (χ4n) is 5.17. The minimum Gasteiger partial charge on any atom is -0.506 e. The molecule has 0 aliphatic heterocycles. The number of pyridine rings is 2. The lowest BCUT2D eigenvalue weighted by atomic mass is 10.00. The molecule has 2 unspecified atom stereocenters. The first-order chi connectivity index (χ1) is 21.3. The minimum absolute atomic E-state index is 0.0270. The number of carboxylic acid groups (broad SMARTS) is 1. The number of aromatic amines is 1. The highest BCUT2D eigenvalue weighted by Gasteiger charge is 2.18. The van der Waals surface area contributed by atoms with E-state index in [0.29, 0.717) is 46.5 Å². The molecular weight excluding hydrogens is 567 g/mol. The van der Waals surface area contributed by atoms with E-state index in [1.165, 1.54) is 36.5 Å². The van der Waals surface area contributed by atoms with Gasteiger partial charge in [-0.25, -0.2) is 9.18 Å². The highest BCUT2D eigenvalue weighted by Crippen LogP contribution is 2.29. The number of aliphatic hydroxyl groups excluding tert-OH is 1. The van der Waals surface area contributed by atoms with Gasteiger partial charge in [0.25, 0.3) is 0 Å². The van der Waals surface area contributed by atoms with Crippen LogP contribution in [0.1, 0.15) is 73.8 Å². The summed E-state index contributed by atoms with van der Waals surface area (Å²) in [5.41, 5.74) is 1.70. The largest absolute Gasteiger partial charge is 0.506 e. The lowest BCUT2D eigenvalue weighted by Crippen LogP contribution is -2.27. The number of phenolic OH excluding ortho intramolecular Hbond substituents is 1. The van der Waals surface area contributed by atoms with Gasteiger partial charge in [0.05, 0.1) is 30.5 Å². The second-order valence-corrected chi connectivity index (χ2v) is 10.7. The maximum absolute atomic E-state index is 13.7. The number of aliphatic hydroxyl groups is 1. The third-order valence-electron chi connectivity index (χ3n) is 7.39. The molecule has 0 saturated heterocycles. The number of ether oxygens (including phenoxy) is 1. The Hall–Kier alpha value is -4.48. The van der Waals surface area contributed by atoms with Crippen LogP contribution in [-0.2, 0) is 0 Å². The number of nitrogens with zero attached hydrogens (tertiary/aromatic N) is 1. The molecule has 0 fully saturated rings. The van der Waals surface area contributed by atoms with Gasteiger partial charge in [0.15, 0.2) is 0 Å². The molecule has 2 heterocycles.